The second kappa shape index (κ2) is 6.42. The topological polar surface area (TPSA) is 102 Å². The zero-order chi connectivity index (χ0) is 21.1. The van der Waals surface area contributed by atoms with Gasteiger partial charge in [0.25, 0.3) is 0 Å². The van der Waals surface area contributed by atoms with Crippen LogP contribution < -0.4 is 0 Å². The number of rotatable bonds is 3. The van der Waals surface area contributed by atoms with Crippen LogP contribution in [0.15, 0.2) is 79.0 Å². The SMILES string of the molecule is c1ccc2[nH]c(-c3nc(-c4cc5ncccc5[nH]4)c(-c4n[nH]c5ccccc45)[nH]3)cc2c1. The van der Waals surface area contributed by atoms with E-state index in [-0.39, 0.29) is 0 Å². The summed E-state index contributed by atoms with van der Waals surface area (Å²) >= 11 is 0. The Bertz CT molecular complexity index is 1680. The van der Waals surface area contributed by atoms with Gasteiger partial charge in [-0.3, -0.25) is 10.1 Å². The Morgan fingerprint density at radius 1 is 0.656 bits per heavy atom. The van der Waals surface area contributed by atoms with Crippen molar-refractivity contribution in [3.05, 3.63) is 79.0 Å². The smallest absolute Gasteiger partial charge is 0.155 e. The number of aromatic amines is 4. The molecule has 5 aromatic heterocycles. The van der Waals surface area contributed by atoms with Crippen molar-refractivity contribution in [2.45, 2.75) is 0 Å². The molecule has 0 bridgehead atoms. The van der Waals surface area contributed by atoms with E-state index in [2.05, 4.69) is 54.4 Å². The number of pyridine rings is 1. The van der Waals surface area contributed by atoms with Gasteiger partial charge in [0.05, 0.1) is 33.6 Å². The van der Waals surface area contributed by atoms with Gasteiger partial charge in [0.15, 0.2) is 5.82 Å². The minimum Gasteiger partial charge on any atom is -0.352 e. The summed E-state index contributed by atoms with van der Waals surface area (Å²) in [6.07, 6.45) is 1.79. The Kier molecular flexibility index (Phi) is 3.43. The normalized spacial score (nSPS) is 11.8. The van der Waals surface area contributed by atoms with Gasteiger partial charge < -0.3 is 15.0 Å². The van der Waals surface area contributed by atoms with Crippen LogP contribution in [0, 0.1) is 0 Å². The predicted octanol–water partition coefficient (Wildman–Crippen LogP) is 5.64. The summed E-state index contributed by atoms with van der Waals surface area (Å²) in [4.78, 5) is 19.9. The monoisotopic (exact) mass is 415 g/mol. The minimum absolute atomic E-state index is 0.755. The van der Waals surface area contributed by atoms with E-state index in [1.165, 1.54) is 0 Å². The molecular weight excluding hydrogens is 398 g/mol. The van der Waals surface area contributed by atoms with Crippen molar-refractivity contribution in [1.29, 1.82) is 0 Å². The van der Waals surface area contributed by atoms with E-state index in [9.17, 15) is 0 Å². The van der Waals surface area contributed by atoms with Crippen molar-refractivity contribution in [1.82, 2.24) is 35.1 Å². The molecule has 152 valence electrons. The number of nitrogens with one attached hydrogen (secondary N) is 4. The van der Waals surface area contributed by atoms with E-state index in [0.717, 1.165) is 67.1 Å². The average molecular weight is 415 g/mol. The molecule has 0 saturated heterocycles. The summed E-state index contributed by atoms with van der Waals surface area (Å²) in [7, 11) is 0. The molecule has 0 spiro atoms. The molecule has 0 fully saturated rings. The maximum Gasteiger partial charge on any atom is 0.155 e. The molecule has 7 rings (SSSR count). The van der Waals surface area contributed by atoms with Gasteiger partial charge in [0, 0.05) is 22.5 Å². The van der Waals surface area contributed by atoms with E-state index < -0.39 is 0 Å². The number of aromatic nitrogens is 7. The van der Waals surface area contributed by atoms with Crippen molar-refractivity contribution in [3.63, 3.8) is 0 Å². The third kappa shape index (κ3) is 2.51. The number of benzene rings is 2. The second-order valence-electron chi connectivity index (χ2n) is 7.82. The molecule has 0 radical (unpaired) electrons. The van der Waals surface area contributed by atoms with Gasteiger partial charge in [-0.2, -0.15) is 5.10 Å². The van der Waals surface area contributed by atoms with Crippen LogP contribution in [-0.2, 0) is 0 Å². The van der Waals surface area contributed by atoms with Crippen LogP contribution in [0.4, 0.5) is 0 Å². The number of imidazole rings is 1. The first-order valence-electron chi connectivity index (χ1n) is 10.4. The molecule has 32 heavy (non-hydrogen) atoms. The molecule has 7 aromatic rings. The number of fused-ring (bicyclic) bond motifs is 3. The van der Waals surface area contributed by atoms with E-state index in [1.807, 2.05) is 48.5 Å². The van der Waals surface area contributed by atoms with Crippen molar-refractivity contribution >= 4 is 32.8 Å². The molecule has 7 heteroatoms. The van der Waals surface area contributed by atoms with Crippen LogP contribution in [0.5, 0.6) is 0 Å². The summed E-state index contributed by atoms with van der Waals surface area (Å²) in [6, 6.07) is 24.4. The summed E-state index contributed by atoms with van der Waals surface area (Å²) in [5.41, 5.74) is 8.21. The second-order valence-corrected chi connectivity index (χ2v) is 7.82. The third-order valence-electron chi connectivity index (χ3n) is 5.84. The number of hydrogen-bond acceptors (Lipinski definition) is 3. The van der Waals surface area contributed by atoms with Crippen molar-refractivity contribution in [3.8, 4) is 34.3 Å². The van der Waals surface area contributed by atoms with Crippen LogP contribution in [0.1, 0.15) is 0 Å². The molecule has 0 atom stereocenters. The largest absolute Gasteiger partial charge is 0.352 e. The van der Waals surface area contributed by atoms with Gasteiger partial charge in [-0.05, 0) is 36.4 Å². The third-order valence-corrected chi connectivity index (χ3v) is 5.84. The fraction of sp³-hybridized carbons (Fsp3) is 0. The van der Waals surface area contributed by atoms with E-state index >= 15 is 0 Å². The summed E-state index contributed by atoms with van der Waals surface area (Å²) in [6.45, 7) is 0. The molecule has 0 aliphatic rings. The number of H-pyrrole nitrogens is 4. The molecule has 0 saturated carbocycles. The highest BCUT2D eigenvalue weighted by Gasteiger charge is 2.21. The number of hydrogen-bond donors (Lipinski definition) is 4. The fourth-order valence-corrected chi connectivity index (χ4v) is 4.31. The fourth-order valence-electron chi connectivity index (χ4n) is 4.31. The molecule has 4 N–H and O–H groups in total. The van der Waals surface area contributed by atoms with E-state index in [1.54, 1.807) is 6.20 Å². The Morgan fingerprint density at radius 2 is 1.47 bits per heavy atom. The van der Waals surface area contributed by atoms with Crippen LogP contribution in [0.2, 0.25) is 0 Å². The lowest BCUT2D eigenvalue weighted by Gasteiger charge is -1.98. The van der Waals surface area contributed by atoms with Crippen LogP contribution >= 0.6 is 0 Å². The van der Waals surface area contributed by atoms with Gasteiger partial charge in [-0.1, -0.05) is 36.4 Å². The van der Waals surface area contributed by atoms with Gasteiger partial charge in [0.2, 0.25) is 0 Å². The zero-order valence-electron chi connectivity index (χ0n) is 16.8. The van der Waals surface area contributed by atoms with Crippen LogP contribution in [0.3, 0.4) is 0 Å². The standard InChI is InChI=1S/C25H17N7/c1-3-8-16-14(6-1)12-21(27-16)25-29-23(20-13-19-18(28-20)10-5-11-26-19)24(30-25)22-15-7-2-4-9-17(15)31-32-22/h1-13,27-28H,(H,29,30)(H,31,32). The van der Waals surface area contributed by atoms with Crippen molar-refractivity contribution in [2.24, 2.45) is 0 Å². The van der Waals surface area contributed by atoms with E-state index in [4.69, 9.17) is 4.98 Å². The van der Waals surface area contributed by atoms with Gasteiger partial charge in [0.1, 0.15) is 11.4 Å². The number of para-hydroxylation sites is 2. The average Bonchev–Trinajstić information content (AvgIpc) is 3.61. The molecule has 0 aliphatic heterocycles. The highest BCUT2D eigenvalue weighted by atomic mass is 15.1. The van der Waals surface area contributed by atoms with E-state index in [0.29, 0.717) is 0 Å². The lowest BCUT2D eigenvalue weighted by Crippen LogP contribution is -1.85. The van der Waals surface area contributed by atoms with Crippen molar-refractivity contribution < 1.29 is 0 Å². The Labute approximate surface area is 181 Å². The lowest BCUT2D eigenvalue weighted by molar-refractivity contribution is 1.12. The molecule has 0 amide bonds. The summed E-state index contributed by atoms with van der Waals surface area (Å²) < 4.78 is 0. The Morgan fingerprint density at radius 3 is 2.38 bits per heavy atom. The van der Waals surface area contributed by atoms with Gasteiger partial charge in [-0.25, -0.2) is 4.98 Å². The summed E-state index contributed by atoms with van der Waals surface area (Å²) in [5, 5.41) is 9.93. The Balaban J connectivity index is 1.49. The first-order chi connectivity index (χ1) is 15.8. The molecule has 7 nitrogen and oxygen atoms in total. The molecule has 5 heterocycles. The van der Waals surface area contributed by atoms with Crippen LogP contribution in [-0.4, -0.2) is 35.1 Å². The summed E-state index contributed by atoms with van der Waals surface area (Å²) in [5.74, 6) is 0.755. The lowest BCUT2D eigenvalue weighted by atomic mass is 10.1. The first kappa shape index (κ1) is 17.1. The van der Waals surface area contributed by atoms with Crippen molar-refractivity contribution in [2.75, 3.05) is 0 Å². The molecular formula is C25H17N7. The Hall–Kier alpha value is -4.65. The van der Waals surface area contributed by atoms with Gasteiger partial charge >= 0.3 is 0 Å². The molecule has 0 unspecified atom stereocenters. The molecule has 0 aliphatic carbocycles. The number of nitrogens with zero attached hydrogens (tertiary/aromatic N) is 3. The predicted molar refractivity (Wildman–Crippen MR) is 126 cm³/mol. The minimum atomic E-state index is 0.755. The zero-order valence-corrected chi connectivity index (χ0v) is 16.8. The highest BCUT2D eigenvalue weighted by Crippen LogP contribution is 2.36. The van der Waals surface area contributed by atoms with Gasteiger partial charge in [-0.15, -0.1) is 0 Å². The quantitative estimate of drug-likeness (QED) is 0.300. The highest BCUT2D eigenvalue weighted by molar-refractivity contribution is 5.97. The van der Waals surface area contributed by atoms with Crippen LogP contribution in [0.25, 0.3) is 67.1 Å². The maximum absolute atomic E-state index is 5.00. The molecule has 2 aromatic carbocycles. The first-order valence-corrected chi connectivity index (χ1v) is 10.4. The maximum atomic E-state index is 5.00.